The largest absolute Gasteiger partial charge is 0.447 e. The predicted molar refractivity (Wildman–Crippen MR) is 31.7 cm³/mol. The summed E-state index contributed by atoms with van der Waals surface area (Å²) in [4.78, 5) is 0. The maximum Gasteiger partial charge on any atom is 0.447 e. The molecule has 2 N–H and O–H groups in total. The van der Waals surface area contributed by atoms with Crippen molar-refractivity contribution >= 4 is 15.3 Å². The Bertz CT molecular complexity index is 311. The van der Waals surface area contributed by atoms with Crippen molar-refractivity contribution in [3.05, 3.63) is 6.08 Å². The average molecular weight is 204 g/mol. The molecule has 0 aliphatic rings. The van der Waals surface area contributed by atoms with Crippen LogP contribution in [-0.4, -0.2) is 35.6 Å². The molecule has 0 aromatic carbocycles. The van der Waals surface area contributed by atoms with Gasteiger partial charge in [0, 0.05) is 11.1 Å². The summed E-state index contributed by atoms with van der Waals surface area (Å²) in [5, 5.41) is 17.3. The summed E-state index contributed by atoms with van der Waals surface area (Å²) in [6.45, 7) is 0. The van der Waals surface area contributed by atoms with Crippen molar-refractivity contribution in [1.29, 1.82) is 0 Å². The molecule has 0 saturated carbocycles. The molecular weight excluding hydrogens is 201 g/mol. The van der Waals surface area contributed by atoms with Crippen molar-refractivity contribution in [3.8, 4) is 0 Å². The maximum atomic E-state index is 11.5. The van der Waals surface area contributed by atoms with Gasteiger partial charge in [-0.1, -0.05) is 0 Å². The summed E-state index contributed by atoms with van der Waals surface area (Å²) in [5.41, 5.74) is 0. The first kappa shape index (κ1) is 11.2. The van der Waals surface area contributed by atoms with Crippen molar-refractivity contribution in [2.24, 2.45) is 0 Å². The molecule has 0 radical (unpaired) electrons. The summed E-state index contributed by atoms with van der Waals surface area (Å²) < 4.78 is 53.8. The zero-order valence-electron chi connectivity index (χ0n) is 5.33. The molecule has 4 nitrogen and oxygen atoms in total. The molecule has 0 amide bonds. The van der Waals surface area contributed by atoms with E-state index in [1.165, 1.54) is 0 Å². The lowest BCUT2D eigenvalue weighted by Gasteiger charge is -2.18. The van der Waals surface area contributed by atoms with Crippen molar-refractivity contribution < 1.29 is 31.8 Å². The van der Waals surface area contributed by atoms with Crippen molar-refractivity contribution in [3.63, 3.8) is 0 Å². The lowest BCUT2D eigenvalue weighted by molar-refractivity contribution is -0.322. The zero-order valence-corrected chi connectivity index (χ0v) is 6.15. The molecule has 0 unspecified atom stereocenters. The fourth-order valence-electron chi connectivity index (χ4n) is 0.212. The van der Waals surface area contributed by atoms with Crippen molar-refractivity contribution in [2.45, 2.75) is 12.0 Å². The Morgan fingerprint density at radius 2 is 1.67 bits per heavy atom. The molecule has 0 fully saturated rings. The van der Waals surface area contributed by atoms with Gasteiger partial charge < -0.3 is 10.2 Å². The van der Waals surface area contributed by atoms with Crippen LogP contribution in [0.2, 0.25) is 0 Å². The second-order valence-electron chi connectivity index (χ2n) is 1.72. The number of alkyl halides is 3. The van der Waals surface area contributed by atoms with Crippen LogP contribution in [0.1, 0.15) is 0 Å². The van der Waals surface area contributed by atoms with E-state index >= 15 is 0 Å². The van der Waals surface area contributed by atoms with Gasteiger partial charge in [0.25, 0.3) is 16.1 Å². The summed E-state index contributed by atoms with van der Waals surface area (Å²) in [6.07, 6.45) is -5.75. The van der Waals surface area contributed by atoms with Gasteiger partial charge in [-0.15, -0.1) is 0 Å². The monoisotopic (exact) mass is 204 g/mol. The first-order chi connectivity index (χ1) is 5.17. The quantitative estimate of drug-likeness (QED) is 0.427. The van der Waals surface area contributed by atoms with Gasteiger partial charge in [-0.05, 0) is 0 Å². The highest BCUT2D eigenvalue weighted by Gasteiger charge is 2.51. The Balaban J connectivity index is 5.04. The summed E-state index contributed by atoms with van der Waals surface area (Å²) >= 11 is 0. The summed E-state index contributed by atoms with van der Waals surface area (Å²) in [7, 11) is -3.02. The van der Waals surface area contributed by atoms with Gasteiger partial charge in [0.2, 0.25) is 0 Å². The van der Waals surface area contributed by atoms with Gasteiger partial charge in [-0.2, -0.15) is 21.6 Å². The Morgan fingerprint density at radius 3 is 1.92 bits per heavy atom. The van der Waals surface area contributed by atoms with Crippen LogP contribution in [0.15, 0.2) is 6.08 Å². The third kappa shape index (κ3) is 3.05. The Morgan fingerprint density at radius 1 is 1.25 bits per heavy atom. The SMILES string of the molecule is O=S(=O)=C=CC(O)(O)C(F)(F)F. The molecule has 0 spiro atoms. The highest BCUT2D eigenvalue weighted by atomic mass is 32.2. The van der Waals surface area contributed by atoms with Gasteiger partial charge in [0.05, 0.1) is 0 Å². The normalized spacial score (nSPS) is 12.1. The minimum atomic E-state index is -5.35. The van der Waals surface area contributed by atoms with Crippen LogP contribution in [0, 0.1) is 0 Å². The summed E-state index contributed by atoms with van der Waals surface area (Å²) in [5.74, 6) is -4.16. The second kappa shape index (κ2) is 3.28. The molecule has 0 aromatic rings. The van der Waals surface area contributed by atoms with Crippen LogP contribution in [0.5, 0.6) is 0 Å². The third-order valence-electron chi connectivity index (χ3n) is 0.774. The predicted octanol–water partition coefficient (Wildman–Crippen LogP) is -0.934. The van der Waals surface area contributed by atoms with E-state index in [1.54, 1.807) is 0 Å². The number of rotatable bonds is 1. The second-order valence-corrected chi connectivity index (χ2v) is 2.43. The van der Waals surface area contributed by atoms with Crippen molar-refractivity contribution in [2.75, 3.05) is 0 Å². The molecule has 0 heterocycles. The molecule has 0 bridgehead atoms. The van der Waals surface area contributed by atoms with E-state index in [0.717, 1.165) is 5.02 Å². The van der Waals surface area contributed by atoms with Crippen molar-refractivity contribution in [1.82, 2.24) is 0 Å². The third-order valence-corrected chi connectivity index (χ3v) is 1.08. The fraction of sp³-hybridized carbons (Fsp3) is 0.500. The fourth-order valence-corrected chi connectivity index (χ4v) is 0.473. The average Bonchev–Trinajstić information content (AvgIpc) is 1.81. The molecule has 0 aromatic heterocycles. The van der Waals surface area contributed by atoms with Gasteiger partial charge in [-0.25, -0.2) is 0 Å². The van der Waals surface area contributed by atoms with E-state index in [1.807, 2.05) is 0 Å². The Labute approximate surface area is 66.1 Å². The number of aliphatic hydroxyl groups is 2. The minimum Gasteiger partial charge on any atom is -0.355 e. The van der Waals surface area contributed by atoms with E-state index in [-0.39, 0.29) is 0 Å². The van der Waals surface area contributed by atoms with Gasteiger partial charge >= 0.3 is 6.18 Å². The van der Waals surface area contributed by atoms with E-state index < -0.39 is 28.3 Å². The van der Waals surface area contributed by atoms with Gasteiger partial charge in [0.15, 0.2) is 0 Å². The van der Waals surface area contributed by atoms with E-state index in [9.17, 15) is 21.6 Å². The van der Waals surface area contributed by atoms with Crippen LogP contribution < -0.4 is 0 Å². The molecule has 0 aliphatic carbocycles. The van der Waals surface area contributed by atoms with Gasteiger partial charge in [-0.3, -0.25) is 0 Å². The zero-order chi connectivity index (χ0) is 9.99. The molecule has 0 aliphatic heterocycles. The maximum absolute atomic E-state index is 11.5. The van der Waals surface area contributed by atoms with E-state index in [4.69, 9.17) is 10.2 Å². The van der Waals surface area contributed by atoms with Gasteiger partial charge in [0.1, 0.15) is 0 Å². The molecule has 8 heteroatoms. The molecule has 0 atom stereocenters. The standard InChI is InChI=1S/C4H3F3O4S/c5-4(6,7)3(8,9)1-2-12(10)11/h1,8-9H. The lowest BCUT2D eigenvalue weighted by atomic mass is 10.3. The molecule has 70 valence electrons. The van der Waals surface area contributed by atoms with Crippen LogP contribution in [0.4, 0.5) is 13.2 Å². The molecule has 0 saturated heterocycles. The minimum absolute atomic E-state index is 0.407. The Hall–Kier alpha value is -0.820. The highest BCUT2D eigenvalue weighted by Crippen LogP contribution is 2.28. The first-order valence-corrected chi connectivity index (χ1v) is 3.45. The Kier molecular flexibility index (Phi) is 3.05. The molecular formula is C4H3F3O4S. The lowest BCUT2D eigenvalue weighted by Crippen LogP contribution is -2.43. The van der Waals surface area contributed by atoms with Crippen LogP contribution >= 0.6 is 0 Å². The summed E-state index contributed by atoms with van der Waals surface area (Å²) in [6, 6.07) is 0. The molecule has 0 rings (SSSR count). The first-order valence-electron chi connectivity index (χ1n) is 2.38. The van der Waals surface area contributed by atoms with Crippen LogP contribution in [0.25, 0.3) is 0 Å². The van der Waals surface area contributed by atoms with Crippen LogP contribution in [0.3, 0.4) is 0 Å². The smallest absolute Gasteiger partial charge is 0.355 e. The van der Waals surface area contributed by atoms with E-state index in [0.29, 0.717) is 0 Å². The topological polar surface area (TPSA) is 74.6 Å². The molecule has 12 heavy (non-hydrogen) atoms. The van der Waals surface area contributed by atoms with E-state index in [2.05, 4.69) is 0 Å². The van der Waals surface area contributed by atoms with Crippen LogP contribution in [-0.2, 0) is 10.3 Å². The number of hydrogen-bond acceptors (Lipinski definition) is 4. The highest BCUT2D eigenvalue weighted by molar-refractivity contribution is 7.70. The number of hydrogen-bond donors (Lipinski definition) is 2. The number of halogens is 3.